The first-order valence-corrected chi connectivity index (χ1v) is 10.6. The minimum Gasteiger partial charge on any atom is -0.323 e. The summed E-state index contributed by atoms with van der Waals surface area (Å²) in [6.45, 7) is 1.84. The molecule has 150 valence electrons. The number of rotatable bonds is 6. The van der Waals surface area contributed by atoms with Gasteiger partial charge >= 0.3 is 0 Å². The van der Waals surface area contributed by atoms with E-state index in [1.54, 1.807) is 42.5 Å². The monoisotopic (exact) mass is 415 g/mol. The molecule has 0 aromatic heterocycles. The van der Waals surface area contributed by atoms with Crippen LogP contribution in [0.5, 0.6) is 0 Å². The fraction of sp³-hybridized carbons (Fsp3) is 0.136. The first-order chi connectivity index (χ1) is 13.8. The Kier molecular flexibility index (Phi) is 6.08. The highest BCUT2D eigenvalue weighted by Gasteiger charge is 2.19. The molecule has 0 heterocycles. The molecule has 0 saturated carbocycles. The van der Waals surface area contributed by atoms with Crippen molar-refractivity contribution in [2.75, 3.05) is 11.1 Å². The molecule has 0 radical (unpaired) electrons. The quantitative estimate of drug-likeness (QED) is 0.632. The number of halogens is 2. The summed E-state index contributed by atoms with van der Waals surface area (Å²) in [5.41, 5.74) is 1.43. The average molecular weight is 415 g/mol. The highest BCUT2D eigenvalue weighted by atomic mass is 32.2. The van der Waals surface area contributed by atoms with Gasteiger partial charge in [0.25, 0.3) is 0 Å². The Bertz CT molecular complexity index is 1130. The van der Waals surface area contributed by atoms with Crippen molar-refractivity contribution in [1.82, 2.24) is 0 Å². The molecule has 0 aliphatic rings. The summed E-state index contributed by atoms with van der Waals surface area (Å²) in [4.78, 5) is 12.4. The van der Waals surface area contributed by atoms with Gasteiger partial charge in [-0.05, 0) is 30.7 Å². The first-order valence-electron chi connectivity index (χ1n) is 8.90. The molecule has 1 amide bonds. The summed E-state index contributed by atoms with van der Waals surface area (Å²) in [6, 6.07) is 16.6. The lowest BCUT2D eigenvalue weighted by molar-refractivity contribution is -0.115. The molecule has 3 rings (SSSR count). The SMILES string of the molecule is Cc1ccc(S(=O)(=O)CCC(=O)Nc2c(F)cc(F)cc2-c2ccccc2)cc1. The molecule has 4 nitrogen and oxygen atoms in total. The van der Waals surface area contributed by atoms with Gasteiger partial charge in [0.2, 0.25) is 5.91 Å². The zero-order valence-corrected chi connectivity index (χ0v) is 16.5. The Morgan fingerprint density at radius 1 is 0.966 bits per heavy atom. The molecule has 7 heteroatoms. The second-order valence-electron chi connectivity index (χ2n) is 6.61. The van der Waals surface area contributed by atoms with Crippen LogP contribution in [0.25, 0.3) is 11.1 Å². The fourth-order valence-electron chi connectivity index (χ4n) is 2.84. The van der Waals surface area contributed by atoms with E-state index < -0.39 is 33.1 Å². The molecule has 3 aromatic rings. The van der Waals surface area contributed by atoms with Gasteiger partial charge in [-0.3, -0.25) is 4.79 Å². The molecule has 0 unspecified atom stereocenters. The van der Waals surface area contributed by atoms with E-state index in [1.165, 1.54) is 12.1 Å². The molecular weight excluding hydrogens is 396 g/mol. The van der Waals surface area contributed by atoms with Crippen molar-refractivity contribution >= 4 is 21.4 Å². The van der Waals surface area contributed by atoms with E-state index in [0.29, 0.717) is 11.6 Å². The number of carbonyl (C=O) groups is 1. The third-order valence-electron chi connectivity index (χ3n) is 4.38. The first kappa shape index (κ1) is 20.7. The second-order valence-corrected chi connectivity index (χ2v) is 8.72. The number of hydrogen-bond acceptors (Lipinski definition) is 3. The lowest BCUT2D eigenvalue weighted by Crippen LogP contribution is -2.18. The summed E-state index contributed by atoms with van der Waals surface area (Å²) >= 11 is 0. The van der Waals surface area contributed by atoms with E-state index in [2.05, 4.69) is 5.32 Å². The molecule has 0 spiro atoms. The van der Waals surface area contributed by atoms with Gasteiger partial charge in [0.05, 0.1) is 16.3 Å². The van der Waals surface area contributed by atoms with Crippen LogP contribution in [-0.2, 0) is 14.6 Å². The van der Waals surface area contributed by atoms with Crippen LogP contribution < -0.4 is 5.32 Å². The number of sulfone groups is 1. The van der Waals surface area contributed by atoms with Gasteiger partial charge < -0.3 is 5.32 Å². The predicted molar refractivity (Wildman–Crippen MR) is 108 cm³/mol. The van der Waals surface area contributed by atoms with Crippen molar-refractivity contribution in [1.29, 1.82) is 0 Å². The van der Waals surface area contributed by atoms with Gasteiger partial charge in [0.1, 0.15) is 11.6 Å². The molecular formula is C22H19F2NO3S. The van der Waals surface area contributed by atoms with Crippen LogP contribution in [0.4, 0.5) is 14.5 Å². The zero-order valence-electron chi connectivity index (χ0n) is 15.7. The summed E-state index contributed by atoms with van der Waals surface area (Å²) in [7, 11) is -3.66. The zero-order chi connectivity index (χ0) is 21.0. The van der Waals surface area contributed by atoms with Crippen molar-refractivity contribution in [2.24, 2.45) is 0 Å². The summed E-state index contributed by atoms with van der Waals surface area (Å²) in [5, 5.41) is 2.39. The maximum absolute atomic E-state index is 14.4. The summed E-state index contributed by atoms with van der Waals surface area (Å²) in [5.74, 6) is -2.81. The lowest BCUT2D eigenvalue weighted by atomic mass is 10.0. The standard InChI is InChI=1S/C22H19F2NO3S/c1-15-7-9-18(10-8-15)29(27,28)12-11-21(26)25-22-19(13-17(23)14-20(22)24)16-5-3-2-4-6-16/h2-10,13-14H,11-12H2,1H3,(H,25,26). The van der Waals surface area contributed by atoms with E-state index in [0.717, 1.165) is 11.6 Å². The van der Waals surface area contributed by atoms with Crippen molar-refractivity contribution in [2.45, 2.75) is 18.2 Å². The van der Waals surface area contributed by atoms with Crippen molar-refractivity contribution < 1.29 is 22.0 Å². The molecule has 0 saturated heterocycles. The van der Waals surface area contributed by atoms with Crippen LogP contribution >= 0.6 is 0 Å². The second kappa shape index (κ2) is 8.53. The minimum absolute atomic E-state index is 0.119. The molecule has 0 fully saturated rings. The Labute approximate surface area is 168 Å². The number of aryl methyl sites for hydroxylation is 1. The number of hydrogen-bond donors (Lipinski definition) is 1. The molecule has 0 bridgehead atoms. The molecule has 1 N–H and O–H groups in total. The summed E-state index contributed by atoms with van der Waals surface area (Å²) < 4.78 is 52.9. The Morgan fingerprint density at radius 2 is 1.62 bits per heavy atom. The molecule has 0 aliphatic carbocycles. The topological polar surface area (TPSA) is 63.2 Å². The molecule has 29 heavy (non-hydrogen) atoms. The molecule has 0 atom stereocenters. The van der Waals surface area contributed by atoms with Crippen molar-refractivity contribution in [3.05, 3.63) is 83.9 Å². The molecule has 3 aromatic carbocycles. The van der Waals surface area contributed by atoms with Crippen molar-refractivity contribution in [3.63, 3.8) is 0 Å². The third-order valence-corrected chi connectivity index (χ3v) is 6.11. The maximum Gasteiger partial charge on any atom is 0.225 e. The smallest absolute Gasteiger partial charge is 0.225 e. The number of amides is 1. The van der Waals surface area contributed by atoms with Gasteiger partial charge in [-0.15, -0.1) is 0 Å². The van der Waals surface area contributed by atoms with E-state index in [-0.39, 0.29) is 22.6 Å². The van der Waals surface area contributed by atoms with Crippen LogP contribution in [0.1, 0.15) is 12.0 Å². The van der Waals surface area contributed by atoms with Gasteiger partial charge in [-0.2, -0.15) is 0 Å². The third kappa shape index (κ3) is 5.06. The number of benzene rings is 3. The highest BCUT2D eigenvalue weighted by molar-refractivity contribution is 7.91. The fourth-order valence-corrected chi connectivity index (χ4v) is 4.08. The lowest BCUT2D eigenvalue weighted by Gasteiger charge is -2.13. The van der Waals surface area contributed by atoms with Crippen LogP contribution in [0, 0.1) is 18.6 Å². The number of carbonyl (C=O) groups excluding carboxylic acids is 1. The van der Waals surface area contributed by atoms with Crippen LogP contribution in [-0.4, -0.2) is 20.1 Å². The largest absolute Gasteiger partial charge is 0.323 e. The Balaban J connectivity index is 1.78. The van der Waals surface area contributed by atoms with E-state index in [4.69, 9.17) is 0 Å². The average Bonchev–Trinajstić information content (AvgIpc) is 2.69. The minimum atomic E-state index is -3.66. The van der Waals surface area contributed by atoms with E-state index >= 15 is 0 Å². The van der Waals surface area contributed by atoms with Gasteiger partial charge in [-0.25, -0.2) is 17.2 Å². The Morgan fingerprint density at radius 3 is 2.28 bits per heavy atom. The van der Waals surface area contributed by atoms with Crippen LogP contribution in [0.15, 0.2) is 71.6 Å². The Hall–Kier alpha value is -3.06. The molecule has 0 aliphatic heterocycles. The van der Waals surface area contributed by atoms with Gasteiger partial charge in [-0.1, -0.05) is 48.0 Å². The van der Waals surface area contributed by atoms with E-state index in [1.807, 2.05) is 6.92 Å². The van der Waals surface area contributed by atoms with Crippen molar-refractivity contribution in [3.8, 4) is 11.1 Å². The normalized spacial score (nSPS) is 11.3. The maximum atomic E-state index is 14.4. The van der Waals surface area contributed by atoms with Gasteiger partial charge in [0, 0.05) is 18.1 Å². The summed E-state index contributed by atoms with van der Waals surface area (Å²) in [6.07, 6.45) is -0.360. The van der Waals surface area contributed by atoms with Crippen LogP contribution in [0.2, 0.25) is 0 Å². The number of anilines is 1. The van der Waals surface area contributed by atoms with Crippen LogP contribution in [0.3, 0.4) is 0 Å². The van der Waals surface area contributed by atoms with Gasteiger partial charge in [0.15, 0.2) is 9.84 Å². The highest BCUT2D eigenvalue weighted by Crippen LogP contribution is 2.31. The predicted octanol–water partition coefficient (Wildman–Crippen LogP) is 4.74. The van der Waals surface area contributed by atoms with E-state index in [9.17, 15) is 22.0 Å². The number of nitrogens with one attached hydrogen (secondary N) is 1.